The van der Waals surface area contributed by atoms with Gasteiger partial charge in [0.05, 0.1) is 0 Å². The highest BCUT2D eigenvalue weighted by atomic mass is 16.5. The third kappa shape index (κ3) is 3.54. The fourth-order valence-electron chi connectivity index (χ4n) is 1.66. The van der Waals surface area contributed by atoms with Crippen molar-refractivity contribution >= 4 is 5.91 Å². The molecule has 0 bridgehead atoms. The van der Waals surface area contributed by atoms with E-state index in [2.05, 4.69) is 0 Å². The lowest BCUT2D eigenvalue weighted by Gasteiger charge is -2.21. The zero-order chi connectivity index (χ0) is 12.8. The zero-order valence-corrected chi connectivity index (χ0v) is 10.6. The average Bonchev–Trinajstić information content (AvgIpc) is 2.37. The first kappa shape index (κ1) is 13.7. The molecule has 94 valence electrons. The summed E-state index contributed by atoms with van der Waals surface area (Å²) in [5.74, 6) is -0.0284. The first-order valence-electron chi connectivity index (χ1n) is 5.64. The molecular weight excluding hydrogens is 216 g/mol. The monoisotopic (exact) mass is 236 g/mol. The number of rotatable bonds is 5. The topological polar surface area (TPSA) is 55.6 Å². The summed E-state index contributed by atoms with van der Waals surface area (Å²) in [6, 6.07) is 7.87. The van der Waals surface area contributed by atoms with Crippen molar-refractivity contribution in [3.8, 4) is 0 Å². The molecule has 4 heteroatoms. The Morgan fingerprint density at radius 3 is 2.53 bits per heavy atom. The quantitative estimate of drug-likeness (QED) is 0.834. The third-order valence-corrected chi connectivity index (χ3v) is 2.82. The van der Waals surface area contributed by atoms with Crippen LogP contribution in [0.5, 0.6) is 0 Å². The van der Waals surface area contributed by atoms with Crippen LogP contribution in [0.2, 0.25) is 0 Å². The lowest BCUT2D eigenvalue weighted by Crippen LogP contribution is -2.35. The van der Waals surface area contributed by atoms with Crippen LogP contribution in [0, 0.1) is 0 Å². The number of hydrogen-bond acceptors (Lipinski definition) is 3. The molecule has 17 heavy (non-hydrogen) atoms. The molecule has 0 saturated heterocycles. The predicted octanol–water partition coefficient (Wildman–Crippen LogP) is 1.14. The van der Waals surface area contributed by atoms with Crippen molar-refractivity contribution in [2.24, 2.45) is 5.73 Å². The van der Waals surface area contributed by atoms with Gasteiger partial charge in [0, 0.05) is 27.2 Å². The van der Waals surface area contributed by atoms with Crippen LogP contribution < -0.4 is 5.73 Å². The van der Waals surface area contributed by atoms with Crippen molar-refractivity contribution < 1.29 is 9.53 Å². The Bertz CT molecular complexity index is 379. The minimum absolute atomic E-state index is 0.0284. The van der Waals surface area contributed by atoms with Crippen molar-refractivity contribution in [3.05, 3.63) is 35.4 Å². The van der Waals surface area contributed by atoms with Gasteiger partial charge in [0.2, 0.25) is 0 Å². The van der Waals surface area contributed by atoms with Gasteiger partial charge in [-0.15, -0.1) is 0 Å². The summed E-state index contributed by atoms with van der Waals surface area (Å²) in [6.45, 7) is 2.78. The second-order valence-corrected chi connectivity index (χ2v) is 4.05. The molecule has 0 aliphatic carbocycles. The molecule has 0 aromatic heterocycles. The van der Waals surface area contributed by atoms with Gasteiger partial charge in [0.1, 0.15) is 6.10 Å². The van der Waals surface area contributed by atoms with E-state index in [4.69, 9.17) is 10.5 Å². The number of ether oxygens (including phenoxy) is 1. The van der Waals surface area contributed by atoms with Gasteiger partial charge in [0.25, 0.3) is 5.91 Å². The maximum atomic E-state index is 11.8. The van der Waals surface area contributed by atoms with E-state index >= 15 is 0 Å². The Kier molecular flexibility index (Phi) is 5.12. The number of carbonyl (C=O) groups is 1. The standard InChI is InChI=1S/C13H20N2O2/c1-10(17-3)13(16)15(2)9-12-7-5-4-6-11(12)8-14/h4-7,10H,8-9,14H2,1-3H3. The molecule has 2 N–H and O–H groups in total. The fourth-order valence-corrected chi connectivity index (χ4v) is 1.66. The van der Waals surface area contributed by atoms with Crippen LogP contribution in [-0.2, 0) is 22.6 Å². The molecule has 0 fully saturated rings. The van der Waals surface area contributed by atoms with Gasteiger partial charge in [-0.1, -0.05) is 24.3 Å². The largest absolute Gasteiger partial charge is 0.372 e. The minimum atomic E-state index is -0.412. The van der Waals surface area contributed by atoms with Gasteiger partial charge >= 0.3 is 0 Å². The number of nitrogens with zero attached hydrogens (tertiary/aromatic N) is 1. The third-order valence-electron chi connectivity index (χ3n) is 2.82. The first-order chi connectivity index (χ1) is 8.10. The second kappa shape index (κ2) is 6.37. The van der Waals surface area contributed by atoms with E-state index in [0.29, 0.717) is 13.1 Å². The predicted molar refractivity (Wildman–Crippen MR) is 67.3 cm³/mol. The number of likely N-dealkylation sites (N-methyl/N-ethyl adjacent to an activating group) is 1. The van der Waals surface area contributed by atoms with E-state index in [-0.39, 0.29) is 5.91 Å². The molecule has 0 saturated carbocycles. The van der Waals surface area contributed by atoms with E-state index in [9.17, 15) is 4.79 Å². The number of benzene rings is 1. The van der Waals surface area contributed by atoms with Crippen LogP contribution in [0.3, 0.4) is 0 Å². The van der Waals surface area contributed by atoms with Gasteiger partial charge in [-0.3, -0.25) is 4.79 Å². The molecule has 1 aromatic rings. The maximum absolute atomic E-state index is 11.8. The Morgan fingerprint density at radius 1 is 1.41 bits per heavy atom. The normalized spacial score (nSPS) is 12.2. The SMILES string of the molecule is COC(C)C(=O)N(C)Cc1ccccc1CN. The van der Waals surface area contributed by atoms with Crippen molar-refractivity contribution in [3.63, 3.8) is 0 Å². The molecule has 4 nitrogen and oxygen atoms in total. The minimum Gasteiger partial charge on any atom is -0.372 e. The van der Waals surface area contributed by atoms with Gasteiger partial charge < -0.3 is 15.4 Å². The van der Waals surface area contributed by atoms with Crippen molar-refractivity contribution in [1.29, 1.82) is 0 Å². The van der Waals surface area contributed by atoms with Crippen LogP contribution in [0.15, 0.2) is 24.3 Å². The molecular formula is C13H20N2O2. The molecule has 1 unspecified atom stereocenters. The number of methoxy groups -OCH3 is 1. The van der Waals surface area contributed by atoms with E-state index in [1.807, 2.05) is 24.3 Å². The summed E-state index contributed by atoms with van der Waals surface area (Å²) in [5, 5.41) is 0. The van der Waals surface area contributed by atoms with Gasteiger partial charge in [-0.25, -0.2) is 0 Å². The molecule has 1 rings (SSSR count). The Morgan fingerprint density at radius 2 is 2.00 bits per heavy atom. The summed E-state index contributed by atoms with van der Waals surface area (Å²) >= 11 is 0. The summed E-state index contributed by atoms with van der Waals surface area (Å²) < 4.78 is 5.01. The molecule has 1 amide bonds. The van der Waals surface area contributed by atoms with E-state index in [1.165, 1.54) is 7.11 Å². The second-order valence-electron chi connectivity index (χ2n) is 4.05. The smallest absolute Gasteiger partial charge is 0.251 e. The zero-order valence-electron chi connectivity index (χ0n) is 10.6. The first-order valence-corrected chi connectivity index (χ1v) is 5.64. The van der Waals surface area contributed by atoms with Crippen LogP contribution >= 0.6 is 0 Å². The highest BCUT2D eigenvalue weighted by molar-refractivity contribution is 5.80. The lowest BCUT2D eigenvalue weighted by molar-refractivity contribution is -0.140. The lowest BCUT2D eigenvalue weighted by atomic mass is 10.1. The summed E-state index contributed by atoms with van der Waals surface area (Å²) in [7, 11) is 3.30. The number of amides is 1. The van der Waals surface area contributed by atoms with Crippen LogP contribution in [0.25, 0.3) is 0 Å². The van der Waals surface area contributed by atoms with E-state index < -0.39 is 6.10 Å². The van der Waals surface area contributed by atoms with Gasteiger partial charge in [-0.2, -0.15) is 0 Å². The number of hydrogen-bond donors (Lipinski definition) is 1. The van der Waals surface area contributed by atoms with Crippen molar-refractivity contribution in [1.82, 2.24) is 4.90 Å². The Balaban J connectivity index is 2.74. The summed E-state index contributed by atoms with van der Waals surface area (Å²) in [5.41, 5.74) is 7.81. The van der Waals surface area contributed by atoms with Crippen LogP contribution in [-0.4, -0.2) is 31.1 Å². The molecule has 1 atom stereocenters. The molecule has 0 spiro atoms. The molecule has 0 aliphatic heterocycles. The number of nitrogens with two attached hydrogens (primary N) is 1. The number of carbonyl (C=O) groups excluding carboxylic acids is 1. The fraction of sp³-hybridized carbons (Fsp3) is 0.462. The van der Waals surface area contributed by atoms with E-state index in [0.717, 1.165) is 11.1 Å². The molecule has 0 heterocycles. The van der Waals surface area contributed by atoms with Gasteiger partial charge in [-0.05, 0) is 18.1 Å². The highest BCUT2D eigenvalue weighted by Crippen LogP contribution is 2.11. The van der Waals surface area contributed by atoms with Gasteiger partial charge in [0.15, 0.2) is 0 Å². The molecule has 1 aromatic carbocycles. The Hall–Kier alpha value is -1.39. The van der Waals surface area contributed by atoms with E-state index in [1.54, 1.807) is 18.9 Å². The highest BCUT2D eigenvalue weighted by Gasteiger charge is 2.17. The van der Waals surface area contributed by atoms with Crippen molar-refractivity contribution in [2.75, 3.05) is 14.2 Å². The molecule has 0 aliphatic rings. The van der Waals surface area contributed by atoms with Crippen LogP contribution in [0.1, 0.15) is 18.1 Å². The average molecular weight is 236 g/mol. The maximum Gasteiger partial charge on any atom is 0.251 e. The van der Waals surface area contributed by atoms with Crippen LogP contribution in [0.4, 0.5) is 0 Å². The summed E-state index contributed by atoms with van der Waals surface area (Å²) in [6.07, 6.45) is -0.412. The summed E-state index contributed by atoms with van der Waals surface area (Å²) in [4.78, 5) is 13.5. The molecule has 0 radical (unpaired) electrons. The Labute approximate surface area is 102 Å². The van der Waals surface area contributed by atoms with Crippen molar-refractivity contribution in [2.45, 2.75) is 26.1 Å².